The Kier molecular flexibility index (Phi) is 6.33. The summed E-state index contributed by atoms with van der Waals surface area (Å²) >= 11 is 7.45. The van der Waals surface area contributed by atoms with Crippen LogP contribution in [0.3, 0.4) is 0 Å². The minimum atomic E-state index is 0.450. The molecule has 0 aliphatic carbocycles. The number of benzene rings is 3. The number of methoxy groups -OCH3 is 1. The standard InChI is InChI=1S/C25H20ClN5O2S/c1-16-3-11-20(12-4-16)31-23(17-7-13-21(32-2)14-8-17)28-30-25(31)34-15-22-27-29-24(33-22)18-5-9-19(26)10-6-18/h3-14H,15H2,1-2H3. The first kappa shape index (κ1) is 22.2. The smallest absolute Gasteiger partial charge is 0.247 e. The number of nitrogens with zero attached hydrogens (tertiary/aromatic N) is 5. The Bertz CT molecular complexity index is 1400. The SMILES string of the molecule is COc1ccc(-c2nnc(SCc3nnc(-c4ccc(Cl)cc4)o3)n2-c2ccc(C)cc2)cc1. The summed E-state index contributed by atoms with van der Waals surface area (Å²) in [6, 6.07) is 23.3. The summed E-state index contributed by atoms with van der Waals surface area (Å²) in [4.78, 5) is 0. The Morgan fingerprint density at radius 2 is 1.56 bits per heavy atom. The van der Waals surface area contributed by atoms with E-state index in [1.165, 1.54) is 17.3 Å². The van der Waals surface area contributed by atoms with Crippen molar-refractivity contribution in [3.05, 3.63) is 89.3 Å². The number of halogens is 1. The highest BCUT2D eigenvalue weighted by molar-refractivity contribution is 7.98. The molecule has 0 atom stereocenters. The molecule has 2 heterocycles. The molecular weight excluding hydrogens is 470 g/mol. The normalized spacial score (nSPS) is 11.0. The van der Waals surface area contributed by atoms with E-state index in [9.17, 15) is 0 Å². The van der Waals surface area contributed by atoms with Gasteiger partial charge >= 0.3 is 0 Å². The Hall–Kier alpha value is -3.62. The van der Waals surface area contributed by atoms with Gasteiger partial charge in [0.2, 0.25) is 11.8 Å². The van der Waals surface area contributed by atoms with E-state index in [0.29, 0.717) is 22.6 Å². The van der Waals surface area contributed by atoms with Crippen molar-refractivity contribution in [1.82, 2.24) is 25.0 Å². The van der Waals surface area contributed by atoms with Gasteiger partial charge in [-0.1, -0.05) is 41.1 Å². The first-order valence-electron chi connectivity index (χ1n) is 10.5. The fraction of sp³-hybridized carbons (Fsp3) is 0.120. The minimum absolute atomic E-state index is 0.450. The lowest BCUT2D eigenvalue weighted by Gasteiger charge is -2.11. The predicted molar refractivity (Wildman–Crippen MR) is 132 cm³/mol. The lowest BCUT2D eigenvalue weighted by molar-refractivity contribution is 0.415. The second-order valence-corrected chi connectivity index (χ2v) is 8.88. The van der Waals surface area contributed by atoms with Crippen molar-refractivity contribution in [1.29, 1.82) is 0 Å². The summed E-state index contributed by atoms with van der Waals surface area (Å²) in [6.07, 6.45) is 0. The number of aromatic nitrogens is 5. The highest BCUT2D eigenvalue weighted by Crippen LogP contribution is 2.31. The van der Waals surface area contributed by atoms with Gasteiger partial charge in [0.25, 0.3) is 0 Å². The van der Waals surface area contributed by atoms with E-state index < -0.39 is 0 Å². The minimum Gasteiger partial charge on any atom is -0.497 e. The molecule has 3 aromatic carbocycles. The molecule has 0 aliphatic rings. The summed E-state index contributed by atoms with van der Waals surface area (Å²) < 4.78 is 13.2. The van der Waals surface area contributed by atoms with Gasteiger partial charge < -0.3 is 9.15 Å². The van der Waals surface area contributed by atoms with E-state index in [-0.39, 0.29) is 0 Å². The maximum absolute atomic E-state index is 5.97. The van der Waals surface area contributed by atoms with Gasteiger partial charge in [0, 0.05) is 21.8 Å². The van der Waals surface area contributed by atoms with Crippen LogP contribution in [0.1, 0.15) is 11.5 Å². The van der Waals surface area contributed by atoms with Gasteiger partial charge in [-0.15, -0.1) is 20.4 Å². The monoisotopic (exact) mass is 489 g/mol. The third-order valence-corrected chi connectivity index (χ3v) is 6.32. The molecule has 9 heteroatoms. The van der Waals surface area contributed by atoms with E-state index in [0.717, 1.165) is 33.5 Å². The quantitative estimate of drug-likeness (QED) is 0.250. The Balaban J connectivity index is 1.44. The molecule has 0 spiro atoms. The molecule has 170 valence electrons. The van der Waals surface area contributed by atoms with Crippen molar-refractivity contribution in [3.8, 4) is 34.3 Å². The van der Waals surface area contributed by atoms with E-state index in [1.54, 1.807) is 19.2 Å². The Morgan fingerprint density at radius 1 is 0.853 bits per heavy atom. The van der Waals surface area contributed by atoms with E-state index in [4.69, 9.17) is 20.8 Å². The molecule has 2 aromatic heterocycles. The lowest BCUT2D eigenvalue weighted by atomic mass is 10.2. The van der Waals surface area contributed by atoms with Crippen molar-refractivity contribution in [2.45, 2.75) is 17.8 Å². The lowest BCUT2D eigenvalue weighted by Crippen LogP contribution is -2.00. The van der Waals surface area contributed by atoms with Crippen LogP contribution in [0.4, 0.5) is 0 Å². The molecule has 5 aromatic rings. The second kappa shape index (κ2) is 9.70. The van der Waals surface area contributed by atoms with Crippen LogP contribution in [0.2, 0.25) is 5.02 Å². The highest BCUT2D eigenvalue weighted by Gasteiger charge is 2.18. The summed E-state index contributed by atoms with van der Waals surface area (Å²) in [5.74, 6) is 2.92. The van der Waals surface area contributed by atoms with Crippen molar-refractivity contribution in [3.63, 3.8) is 0 Å². The second-order valence-electron chi connectivity index (χ2n) is 7.50. The molecule has 0 unspecified atom stereocenters. The van der Waals surface area contributed by atoms with Crippen molar-refractivity contribution in [2.24, 2.45) is 0 Å². The summed E-state index contributed by atoms with van der Waals surface area (Å²) in [7, 11) is 1.65. The molecule has 0 N–H and O–H groups in total. The summed E-state index contributed by atoms with van der Waals surface area (Å²) in [6.45, 7) is 2.06. The van der Waals surface area contributed by atoms with Gasteiger partial charge in [0.05, 0.1) is 12.9 Å². The van der Waals surface area contributed by atoms with E-state index in [2.05, 4.69) is 51.6 Å². The number of hydrogen-bond acceptors (Lipinski definition) is 7. The van der Waals surface area contributed by atoms with Crippen LogP contribution < -0.4 is 4.74 Å². The zero-order valence-corrected chi connectivity index (χ0v) is 20.0. The molecular formula is C25H20ClN5O2S. The molecule has 7 nitrogen and oxygen atoms in total. The summed E-state index contributed by atoms with van der Waals surface area (Å²) in [5.41, 5.74) is 3.90. The first-order valence-corrected chi connectivity index (χ1v) is 11.8. The van der Waals surface area contributed by atoms with Gasteiger partial charge in [-0.25, -0.2) is 0 Å². The van der Waals surface area contributed by atoms with Crippen molar-refractivity contribution >= 4 is 23.4 Å². The number of thioether (sulfide) groups is 1. The topological polar surface area (TPSA) is 78.9 Å². The molecule has 0 bridgehead atoms. The number of ether oxygens (including phenoxy) is 1. The zero-order chi connectivity index (χ0) is 23.5. The molecule has 34 heavy (non-hydrogen) atoms. The Labute approximate surface area is 205 Å². The molecule has 5 rings (SSSR count). The fourth-order valence-electron chi connectivity index (χ4n) is 3.36. The molecule has 0 amide bonds. The van der Waals surface area contributed by atoms with Crippen LogP contribution in [0.15, 0.2) is 82.4 Å². The number of hydrogen-bond donors (Lipinski definition) is 0. The average molecular weight is 490 g/mol. The average Bonchev–Trinajstić information content (AvgIpc) is 3.51. The zero-order valence-electron chi connectivity index (χ0n) is 18.5. The maximum atomic E-state index is 5.97. The molecule has 0 fully saturated rings. The van der Waals surface area contributed by atoms with Crippen LogP contribution in [0.5, 0.6) is 5.75 Å². The fourth-order valence-corrected chi connectivity index (χ4v) is 4.28. The van der Waals surface area contributed by atoms with Crippen LogP contribution in [-0.2, 0) is 5.75 Å². The summed E-state index contributed by atoms with van der Waals surface area (Å²) in [5, 5.41) is 18.7. The van der Waals surface area contributed by atoms with Crippen molar-refractivity contribution < 1.29 is 9.15 Å². The molecule has 0 saturated heterocycles. The van der Waals surface area contributed by atoms with E-state index in [1.807, 2.05) is 41.0 Å². The number of aryl methyl sites for hydroxylation is 1. The molecule has 0 radical (unpaired) electrons. The number of rotatable bonds is 7. The van der Waals surface area contributed by atoms with Gasteiger partial charge in [-0.05, 0) is 67.6 Å². The van der Waals surface area contributed by atoms with Crippen LogP contribution in [-0.4, -0.2) is 32.1 Å². The van der Waals surface area contributed by atoms with Gasteiger partial charge in [-0.3, -0.25) is 4.57 Å². The van der Waals surface area contributed by atoms with Crippen LogP contribution in [0.25, 0.3) is 28.5 Å². The highest BCUT2D eigenvalue weighted by atomic mass is 35.5. The van der Waals surface area contributed by atoms with Crippen LogP contribution >= 0.6 is 23.4 Å². The predicted octanol–water partition coefficient (Wildman–Crippen LogP) is 6.25. The van der Waals surface area contributed by atoms with Crippen LogP contribution in [0, 0.1) is 6.92 Å². The van der Waals surface area contributed by atoms with Gasteiger partial charge in [0.1, 0.15) is 5.75 Å². The third-order valence-electron chi connectivity index (χ3n) is 5.16. The van der Waals surface area contributed by atoms with Gasteiger partial charge in [-0.2, -0.15) is 0 Å². The van der Waals surface area contributed by atoms with Crippen molar-refractivity contribution in [2.75, 3.05) is 7.11 Å². The molecule has 0 saturated carbocycles. The maximum Gasteiger partial charge on any atom is 0.247 e. The van der Waals surface area contributed by atoms with Gasteiger partial charge in [0.15, 0.2) is 11.0 Å². The largest absolute Gasteiger partial charge is 0.497 e. The third kappa shape index (κ3) is 4.69. The van der Waals surface area contributed by atoms with E-state index >= 15 is 0 Å². The Morgan fingerprint density at radius 3 is 2.26 bits per heavy atom. The molecule has 0 aliphatic heterocycles. The first-order chi connectivity index (χ1) is 16.6.